The molecule has 1 heterocycles. The van der Waals surface area contributed by atoms with E-state index in [1.807, 2.05) is 6.07 Å². The molecule has 1 N–H and O–H groups in total. The van der Waals surface area contributed by atoms with Gasteiger partial charge in [-0.3, -0.25) is 4.90 Å². The predicted octanol–water partition coefficient (Wildman–Crippen LogP) is 2.58. The number of nitrogens with zero attached hydrogens (tertiary/aromatic N) is 1. The quantitative estimate of drug-likeness (QED) is 0.886. The van der Waals surface area contributed by atoms with Gasteiger partial charge in [-0.05, 0) is 24.1 Å². The summed E-state index contributed by atoms with van der Waals surface area (Å²) < 4.78 is 18.8. The van der Waals surface area contributed by atoms with Crippen molar-refractivity contribution in [3.63, 3.8) is 0 Å². The summed E-state index contributed by atoms with van der Waals surface area (Å²) in [6.45, 7) is 6.25. The highest BCUT2D eigenvalue weighted by Gasteiger charge is 2.22. The summed E-state index contributed by atoms with van der Waals surface area (Å²) in [4.78, 5) is 2.45. The molecule has 1 aliphatic heterocycles. The normalized spacial score (nSPS) is 18.3. The Kier molecular flexibility index (Phi) is 5.16. The Morgan fingerprint density at radius 3 is 2.68 bits per heavy atom. The maximum atomic E-state index is 13.9. The van der Waals surface area contributed by atoms with Crippen LogP contribution in [0.15, 0.2) is 18.2 Å². The van der Waals surface area contributed by atoms with E-state index in [4.69, 9.17) is 4.74 Å². The zero-order valence-corrected chi connectivity index (χ0v) is 11.8. The van der Waals surface area contributed by atoms with Crippen molar-refractivity contribution in [1.82, 2.24) is 10.2 Å². The van der Waals surface area contributed by atoms with Crippen LogP contribution in [0.2, 0.25) is 0 Å². The second-order valence-electron chi connectivity index (χ2n) is 4.98. The smallest absolute Gasteiger partial charge is 0.165 e. The summed E-state index contributed by atoms with van der Waals surface area (Å²) in [5.74, 6) is 0.0514. The zero-order valence-electron chi connectivity index (χ0n) is 11.8. The van der Waals surface area contributed by atoms with E-state index in [-0.39, 0.29) is 5.82 Å². The molecule has 1 saturated heterocycles. The largest absolute Gasteiger partial charge is 0.494 e. The number of halogens is 1. The highest BCUT2D eigenvalue weighted by atomic mass is 19.1. The van der Waals surface area contributed by atoms with Gasteiger partial charge in [-0.25, -0.2) is 4.39 Å². The van der Waals surface area contributed by atoms with Gasteiger partial charge < -0.3 is 10.1 Å². The maximum absolute atomic E-state index is 13.9. The molecule has 0 unspecified atom stereocenters. The molecule has 0 amide bonds. The first kappa shape index (κ1) is 14.3. The first-order valence-electron chi connectivity index (χ1n) is 7.04. The number of rotatable bonds is 5. The van der Waals surface area contributed by atoms with Gasteiger partial charge in [0.1, 0.15) is 0 Å². The summed E-state index contributed by atoms with van der Waals surface area (Å²) in [5, 5.41) is 3.36. The third kappa shape index (κ3) is 3.45. The van der Waals surface area contributed by atoms with Crippen molar-refractivity contribution in [3.8, 4) is 5.75 Å². The molecule has 0 aliphatic carbocycles. The number of hydrogen-bond donors (Lipinski definition) is 1. The molecule has 2 rings (SSSR count). The minimum atomic E-state index is -0.267. The zero-order chi connectivity index (χ0) is 13.7. The fourth-order valence-corrected chi connectivity index (χ4v) is 2.72. The number of benzene rings is 1. The SMILES string of the molecule is CCC[C@@H](c1ccc(OC)c(F)c1)N1CCNCC1. The third-order valence-electron chi connectivity index (χ3n) is 3.72. The number of methoxy groups -OCH3 is 1. The number of hydrogen-bond acceptors (Lipinski definition) is 3. The van der Waals surface area contributed by atoms with Crippen molar-refractivity contribution in [2.24, 2.45) is 0 Å². The van der Waals surface area contributed by atoms with Gasteiger partial charge in [-0.15, -0.1) is 0 Å². The van der Waals surface area contributed by atoms with Crippen molar-refractivity contribution in [1.29, 1.82) is 0 Å². The molecule has 0 saturated carbocycles. The first-order valence-corrected chi connectivity index (χ1v) is 7.04. The van der Waals surface area contributed by atoms with E-state index >= 15 is 0 Å². The number of nitrogens with one attached hydrogen (secondary N) is 1. The van der Waals surface area contributed by atoms with Gasteiger partial charge in [0.05, 0.1) is 7.11 Å². The molecule has 0 bridgehead atoms. The van der Waals surface area contributed by atoms with E-state index in [2.05, 4.69) is 17.1 Å². The monoisotopic (exact) mass is 266 g/mol. The van der Waals surface area contributed by atoms with Crippen LogP contribution in [0.5, 0.6) is 5.75 Å². The Bertz CT molecular complexity index is 405. The van der Waals surface area contributed by atoms with Crippen LogP contribution in [0.25, 0.3) is 0 Å². The first-order chi connectivity index (χ1) is 9.26. The van der Waals surface area contributed by atoms with Crippen LogP contribution in [0, 0.1) is 5.82 Å². The molecule has 1 aliphatic rings. The Hall–Kier alpha value is -1.13. The van der Waals surface area contributed by atoms with Gasteiger partial charge >= 0.3 is 0 Å². The lowest BCUT2D eigenvalue weighted by atomic mass is 9.99. The summed E-state index contributed by atoms with van der Waals surface area (Å²) in [6, 6.07) is 5.66. The lowest BCUT2D eigenvalue weighted by Gasteiger charge is -2.35. The van der Waals surface area contributed by atoms with Crippen LogP contribution >= 0.6 is 0 Å². The van der Waals surface area contributed by atoms with E-state index in [0.717, 1.165) is 44.6 Å². The summed E-state index contributed by atoms with van der Waals surface area (Å²) in [6.07, 6.45) is 2.16. The lowest BCUT2D eigenvalue weighted by Crippen LogP contribution is -2.45. The average molecular weight is 266 g/mol. The molecular formula is C15H23FN2O. The maximum Gasteiger partial charge on any atom is 0.165 e. The van der Waals surface area contributed by atoms with Gasteiger partial charge in [0.2, 0.25) is 0 Å². The lowest BCUT2D eigenvalue weighted by molar-refractivity contribution is 0.164. The fraction of sp³-hybridized carbons (Fsp3) is 0.600. The summed E-state index contributed by atoms with van der Waals surface area (Å²) in [5.41, 5.74) is 1.06. The number of piperazine rings is 1. The molecule has 1 aromatic rings. The molecule has 1 aromatic carbocycles. The van der Waals surface area contributed by atoms with Gasteiger partial charge in [0.15, 0.2) is 11.6 Å². The molecule has 0 radical (unpaired) electrons. The van der Waals surface area contributed by atoms with Gasteiger partial charge in [-0.1, -0.05) is 19.4 Å². The minimum Gasteiger partial charge on any atom is -0.494 e. The predicted molar refractivity (Wildman–Crippen MR) is 75.0 cm³/mol. The molecule has 106 valence electrons. The van der Waals surface area contributed by atoms with Crippen LogP contribution in [0.3, 0.4) is 0 Å². The fourth-order valence-electron chi connectivity index (χ4n) is 2.72. The molecule has 0 spiro atoms. The molecule has 1 atom stereocenters. The van der Waals surface area contributed by atoms with Crippen molar-refractivity contribution >= 4 is 0 Å². The van der Waals surface area contributed by atoms with Crippen LogP contribution in [-0.4, -0.2) is 38.2 Å². The van der Waals surface area contributed by atoms with Crippen molar-refractivity contribution in [3.05, 3.63) is 29.6 Å². The molecule has 3 nitrogen and oxygen atoms in total. The highest BCUT2D eigenvalue weighted by Crippen LogP contribution is 2.29. The van der Waals surface area contributed by atoms with E-state index in [1.54, 1.807) is 12.1 Å². The standard InChI is InChI=1S/C15H23FN2O/c1-3-4-14(18-9-7-17-8-10-18)12-5-6-15(19-2)13(16)11-12/h5-6,11,14,17H,3-4,7-10H2,1-2H3/t14-/m0/s1. The van der Waals surface area contributed by atoms with Crippen LogP contribution in [0.1, 0.15) is 31.4 Å². The van der Waals surface area contributed by atoms with Crippen LogP contribution in [0.4, 0.5) is 4.39 Å². The second kappa shape index (κ2) is 6.87. The van der Waals surface area contributed by atoms with Gasteiger partial charge in [0.25, 0.3) is 0 Å². The third-order valence-corrected chi connectivity index (χ3v) is 3.72. The number of ether oxygens (including phenoxy) is 1. The Morgan fingerprint density at radius 2 is 2.11 bits per heavy atom. The molecule has 19 heavy (non-hydrogen) atoms. The summed E-state index contributed by atoms with van der Waals surface area (Å²) in [7, 11) is 1.50. The second-order valence-corrected chi connectivity index (χ2v) is 4.98. The van der Waals surface area contributed by atoms with Crippen molar-refractivity contribution in [2.45, 2.75) is 25.8 Å². The molecule has 0 aromatic heterocycles. The topological polar surface area (TPSA) is 24.5 Å². The highest BCUT2D eigenvalue weighted by molar-refractivity contribution is 5.31. The Labute approximate surface area is 114 Å². The summed E-state index contributed by atoms with van der Waals surface area (Å²) >= 11 is 0. The van der Waals surface area contributed by atoms with E-state index in [1.165, 1.54) is 7.11 Å². The Morgan fingerprint density at radius 1 is 1.37 bits per heavy atom. The van der Waals surface area contributed by atoms with E-state index < -0.39 is 0 Å². The Balaban J connectivity index is 2.19. The van der Waals surface area contributed by atoms with Gasteiger partial charge in [0, 0.05) is 32.2 Å². The molecular weight excluding hydrogens is 243 g/mol. The molecule has 4 heteroatoms. The van der Waals surface area contributed by atoms with Crippen LogP contribution in [-0.2, 0) is 0 Å². The average Bonchev–Trinajstić information content (AvgIpc) is 2.45. The van der Waals surface area contributed by atoms with E-state index in [0.29, 0.717) is 11.8 Å². The van der Waals surface area contributed by atoms with Crippen molar-refractivity contribution in [2.75, 3.05) is 33.3 Å². The van der Waals surface area contributed by atoms with Crippen molar-refractivity contribution < 1.29 is 9.13 Å². The molecule has 1 fully saturated rings. The minimum absolute atomic E-state index is 0.267. The van der Waals surface area contributed by atoms with Crippen LogP contribution < -0.4 is 10.1 Å². The van der Waals surface area contributed by atoms with Gasteiger partial charge in [-0.2, -0.15) is 0 Å². The van der Waals surface area contributed by atoms with E-state index in [9.17, 15) is 4.39 Å².